The second-order valence-electron chi connectivity index (χ2n) is 4.39. The highest BCUT2D eigenvalue weighted by Gasteiger charge is 2.12. The number of aldehydes is 1. The van der Waals surface area contributed by atoms with E-state index in [1.807, 2.05) is 12.2 Å². The van der Waals surface area contributed by atoms with Gasteiger partial charge in [-0.05, 0) is 43.2 Å². The van der Waals surface area contributed by atoms with Gasteiger partial charge in [0.1, 0.15) is 18.6 Å². The summed E-state index contributed by atoms with van der Waals surface area (Å²) in [7, 11) is 0. The number of fused-ring (bicyclic) bond motifs is 1. The first-order valence-corrected chi connectivity index (χ1v) is 5.94. The molecule has 0 saturated heterocycles. The molecule has 0 radical (unpaired) electrons. The molecule has 1 aliphatic rings. The molecule has 1 aromatic carbocycles. The van der Waals surface area contributed by atoms with E-state index in [-0.39, 0.29) is 0 Å². The molecule has 2 heteroatoms. The van der Waals surface area contributed by atoms with E-state index in [2.05, 4.69) is 32.1 Å². The van der Waals surface area contributed by atoms with Crippen molar-refractivity contribution in [1.82, 2.24) is 0 Å². The monoisotopic (exact) mass is 240 g/mol. The second kappa shape index (κ2) is 5.50. The fourth-order valence-electron chi connectivity index (χ4n) is 2.07. The predicted octanol–water partition coefficient (Wildman–Crippen LogP) is 3.39. The SMILES string of the molecule is Cc1cc(C)c2c(c1)C=C(C=CC=CC=O)CO2. The van der Waals surface area contributed by atoms with Crippen LogP contribution >= 0.6 is 0 Å². The third kappa shape index (κ3) is 2.77. The van der Waals surface area contributed by atoms with E-state index in [0.717, 1.165) is 23.2 Å². The molecule has 0 unspecified atom stereocenters. The first-order chi connectivity index (χ1) is 8.70. The van der Waals surface area contributed by atoms with Crippen molar-refractivity contribution < 1.29 is 9.53 Å². The number of hydrogen-bond acceptors (Lipinski definition) is 2. The lowest BCUT2D eigenvalue weighted by molar-refractivity contribution is -0.104. The zero-order valence-electron chi connectivity index (χ0n) is 10.6. The van der Waals surface area contributed by atoms with Gasteiger partial charge in [0.05, 0.1) is 0 Å². The van der Waals surface area contributed by atoms with Gasteiger partial charge in [0.15, 0.2) is 0 Å². The Morgan fingerprint density at radius 3 is 2.78 bits per heavy atom. The van der Waals surface area contributed by atoms with Crippen molar-refractivity contribution >= 4 is 12.4 Å². The first-order valence-electron chi connectivity index (χ1n) is 5.94. The Kier molecular flexibility index (Phi) is 3.78. The summed E-state index contributed by atoms with van der Waals surface area (Å²) in [5.74, 6) is 0.973. The molecule has 0 N–H and O–H groups in total. The number of aryl methyl sites for hydroxylation is 2. The van der Waals surface area contributed by atoms with E-state index >= 15 is 0 Å². The zero-order chi connectivity index (χ0) is 13.0. The number of carbonyl (C=O) groups is 1. The Balaban J connectivity index is 2.27. The molecule has 0 atom stereocenters. The number of hydrogen-bond donors (Lipinski definition) is 0. The van der Waals surface area contributed by atoms with Crippen molar-refractivity contribution in [2.75, 3.05) is 6.61 Å². The lowest BCUT2D eigenvalue weighted by atomic mass is 10.0. The third-order valence-electron chi connectivity index (χ3n) is 2.78. The summed E-state index contributed by atoms with van der Waals surface area (Å²) in [6.45, 7) is 4.72. The summed E-state index contributed by atoms with van der Waals surface area (Å²) in [4.78, 5) is 10.1. The lowest BCUT2D eigenvalue weighted by Crippen LogP contribution is -2.07. The van der Waals surface area contributed by atoms with Gasteiger partial charge in [-0.15, -0.1) is 0 Å². The van der Waals surface area contributed by atoms with Crippen molar-refractivity contribution in [3.05, 3.63) is 58.7 Å². The van der Waals surface area contributed by atoms with Crippen LogP contribution in [0.5, 0.6) is 5.75 Å². The Morgan fingerprint density at radius 1 is 1.17 bits per heavy atom. The van der Waals surface area contributed by atoms with Crippen molar-refractivity contribution in [2.45, 2.75) is 13.8 Å². The van der Waals surface area contributed by atoms with Crippen LogP contribution in [-0.2, 0) is 4.79 Å². The molecule has 18 heavy (non-hydrogen) atoms. The van der Waals surface area contributed by atoms with Crippen molar-refractivity contribution in [3.8, 4) is 5.75 Å². The minimum atomic E-state index is 0.572. The van der Waals surface area contributed by atoms with E-state index < -0.39 is 0 Å². The Morgan fingerprint density at radius 2 is 2.00 bits per heavy atom. The van der Waals surface area contributed by atoms with Crippen LogP contribution < -0.4 is 4.74 Å². The van der Waals surface area contributed by atoms with Crippen LogP contribution in [0.3, 0.4) is 0 Å². The minimum Gasteiger partial charge on any atom is -0.488 e. The Bertz CT molecular complexity index is 548. The fourth-order valence-corrected chi connectivity index (χ4v) is 2.07. The molecule has 0 fully saturated rings. The van der Waals surface area contributed by atoms with Crippen molar-refractivity contribution in [2.24, 2.45) is 0 Å². The van der Waals surface area contributed by atoms with Gasteiger partial charge in [-0.3, -0.25) is 4.79 Å². The third-order valence-corrected chi connectivity index (χ3v) is 2.78. The average molecular weight is 240 g/mol. The number of rotatable bonds is 3. The van der Waals surface area contributed by atoms with Crippen LogP contribution in [0.15, 0.2) is 42.0 Å². The minimum absolute atomic E-state index is 0.572. The largest absolute Gasteiger partial charge is 0.488 e. The van der Waals surface area contributed by atoms with Crippen LogP contribution in [0, 0.1) is 13.8 Å². The normalized spacial score (nSPS) is 14.4. The maximum Gasteiger partial charge on any atom is 0.142 e. The topological polar surface area (TPSA) is 26.3 Å². The van der Waals surface area contributed by atoms with Crippen molar-refractivity contribution in [3.63, 3.8) is 0 Å². The quantitative estimate of drug-likeness (QED) is 0.460. The molecule has 0 spiro atoms. The molecule has 0 aliphatic carbocycles. The standard InChI is InChI=1S/C16H16O2/c1-12-8-13(2)16-15(9-12)10-14(11-18-16)6-4-3-5-7-17/h3-10H,11H2,1-2H3. The van der Waals surface area contributed by atoms with E-state index in [1.54, 1.807) is 6.08 Å². The first kappa shape index (κ1) is 12.4. The van der Waals surface area contributed by atoms with Gasteiger partial charge in [0.25, 0.3) is 0 Å². The van der Waals surface area contributed by atoms with E-state index in [1.165, 1.54) is 17.2 Å². The molecule has 0 amide bonds. The highest BCUT2D eigenvalue weighted by atomic mass is 16.5. The fraction of sp³-hybridized carbons (Fsp3) is 0.188. The molecule has 0 bridgehead atoms. The van der Waals surface area contributed by atoms with Gasteiger partial charge >= 0.3 is 0 Å². The summed E-state index contributed by atoms with van der Waals surface area (Å²) in [6, 6.07) is 4.25. The van der Waals surface area contributed by atoms with Gasteiger partial charge in [-0.1, -0.05) is 29.9 Å². The summed E-state index contributed by atoms with van der Waals surface area (Å²) in [6.07, 6.45) is 9.87. The van der Waals surface area contributed by atoms with Crippen molar-refractivity contribution in [1.29, 1.82) is 0 Å². The van der Waals surface area contributed by atoms with Crippen LogP contribution in [-0.4, -0.2) is 12.9 Å². The van der Waals surface area contributed by atoms with Gasteiger partial charge in [0.2, 0.25) is 0 Å². The average Bonchev–Trinajstić information content (AvgIpc) is 2.34. The summed E-state index contributed by atoms with van der Waals surface area (Å²) < 4.78 is 5.77. The van der Waals surface area contributed by atoms with Gasteiger partial charge < -0.3 is 4.74 Å². The maximum atomic E-state index is 10.1. The maximum absolute atomic E-state index is 10.1. The molecule has 2 rings (SSSR count). The Labute approximate surface area is 107 Å². The molecular weight excluding hydrogens is 224 g/mol. The smallest absolute Gasteiger partial charge is 0.142 e. The molecule has 1 aromatic rings. The summed E-state index contributed by atoms with van der Waals surface area (Å²) in [5.41, 5.74) is 4.63. The number of benzene rings is 1. The van der Waals surface area contributed by atoms with Crippen LogP contribution in [0.25, 0.3) is 6.08 Å². The van der Waals surface area contributed by atoms with Gasteiger partial charge in [-0.25, -0.2) is 0 Å². The molecule has 1 heterocycles. The van der Waals surface area contributed by atoms with E-state index in [9.17, 15) is 4.79 Å². The molecule has 0 saturated carbocycles. The van der Waals surface area contributed by atoms with Crippen LogP contribution in [0.1, 0.15) is 16.7 Å². The predicted molar refractivity (Wildman–Crippen MR) is 73.7 cm³/mol. The van der Waals surface area contributed by atoms with Gasteiger partial charge in [0, 0.05) is 5.56 Å². The molecule has 1 aliphatic heterocycles. The van der Waals surface area contributed by atoms with E-state index in [4.69, 9.17) is 4.74 Å². The summed E-state index contributed by atoms with van der Waals surface area (Å²) in [5, 5.41) is 0. The number of ether oxygens (including phenoxy) is 1. The number of carbonyl (C=O) groups excluding carboxylic acids is 1. The molecular formula is C16H16O2. The molecule has 0 aromatic heterocycles. The number of allylic oxidation sites excluding steroid dienone is 3. The van der Waals surface area contributed by atoms with Crippen LogP contribution in [0.2, 0.25) is 0 Å². The second-order valence-corrected chi connectivity index (χ2v) is 4.39. The summed E-state index contributed by atoms with van der Waals surface area (Å²) >= 11 is 0. The lowest BCUT2D eigenvalue weighted by Gasteiger charge is -2.18. The Hall–Kier alpha value is -2.09. The highest BCUT2D eigenvalue weighted by molar-refractivity contribution is 5.68. The zero-order valence-corrected chi connectivity index (χ0v) is 10.6. The van der Waals surface area contributed by atoms with E-state index in [0.29, 0.717) is 6.61 Å². The van der Waals surface area contributed by atoms with Gasteiger partial charge in [-0.2, -0.15) is 0 Å². The van der Waals surface area contributed by atoms with Crippen LogP contribution in [0.4, 0.5) is 0 Å². The molecule has 2 nitrogen and oxygen atoms in total. The highest BCUT2D eigenvalue weighted by Crippen LogP contribution is 2.31. The molecule has 92 valence electrons.